The summed E-state index contributed by atoms with van der Waals surface area (Å²) in [5, 5.41) is 0. The lowest BCUT2D eigenvalue weighted by molar-refractivity contribution is -0.114. The molecule has 0 aliphatic heterocycles. The van der Waals surface area contributed by atoms with Crippen LogP contribution in [0.3, 0.4) is 0 Å². The molecule has 2 N–H and O–H groups in total. The first-order valence-corrected chi connectivity index (χ1v) is 12.0. The van der Waals surface area contributed by atoms with Crippen LogP contribution in [0.15, 0.2) is 11.6 Å². The maximum absolute atomic E-state index is 11.6. The Morgan fingerprint density at radius 3 is 1.56 bits per heavy atom. The Kier molecular flexibility index (Phi) is 12.4. The first-order chi connectivity index (χ1) is 11.9. The molecule has 0 atom stereocenters. The van der Waals surface area contributed by atoms with Gasteiger partial charge in [0.25, 0.3) is 0 Å². The molecule has 148 valence electrons. The molecule has 1 amide bonds. The lowest BCUT2D eigenvalue weighted by Crippen LogP contribution is -2.42. The number of carbonyl (C=O) groups excluding carboxylic acids is 1. The predicted octanol–water partition coefficient (Wildman–Crippen LogP) is 1.71. The molecule has 0 aromatic carbocycles. The second-order valence-corrected chi connectivity index (χ2v) is 11.6. The van der Waals surface area contributed by atoms with Crippen LogP contribution in [-0.2, 0) is 31.4 Å². The van der Waals surface area contributed by atoms with E-state index in [1.807, 2.05) is 6.08 Å². The highest BCUT2D eigenvalue weighted by molar-refractivity contribution is 6.60. The van der Waals surface area contributed by atoms with Gasteiger partial charge in [-0.1, -0.05) is 6.08 Å². The minimum atomic E-state index is -2.62. The molecule has 0 aliphatic rings. The number of carbonyl (C=O) groups is 1. The van der Waals surface area contributed by atoms with E-state index in [4.69, 9.17) is 32.3 Å². The summed E-state index contributed by atoms with van der Waals surface area (Å²) in [7, 11) is 4.28. The van der Waals surface area contributed by atoms with Gasteiger partial charge in [0.2, 0.25) is 5.91 Å². The monoisotopic (exact) mass is 395 g/mol. The van der Waals surface area contributed by atoms with Crippen LogP contribution < -0.4 is 5.73 Å². The molecular weight excluding hydrogens is 362 g/mol. The minimum absolute atomic E-state index is 0.409. The summed E-state index contributed by atoms with van der Waals surface area (Å²) >= 11 is 0. The SMILES string of the molecule is CO[Si](CCCC=C(CCC[Si](OC)(OC)OC)C(N)=O)(OC)OC. The quantitative estimate of drug-likeness (QED) is 0.256. The van der Waals surface area contributed by atoms with E-state index in [2.05, 4.69) is 0 Å². The van der Waals surface area contributed by atoms with Gasteiger partial charge in [-0.25, -0.2) is 0 Å². The van der Waals surface area contributed by atoms with E-state index >= 15 is 0 Å². The largest absolute Gasteiger partial charge is 0.500 e. The third kappa shape index (κ3) is 8.09. The predicted molar refractivity (Wildman–Crippen MR) is 98.9 cm³/mol. The number of amides is 1. The van der Waals surface area contributed by atoms with Gasteiger partial charge in [0.1, 0.15) is 0 Å². The first-order valence-electron chi connectivity index (χ1n) is 8.17. The molecule has 10 heteroatoms. The van der Waals surface area contributed by atoms with Crippen molar-refractivity contribution in [1.29, 1.82) is 0 Å². The van der Waals surface area contributed by atoms with Gasteiger partial charge in [-0.3, -0.25) is 4.79 Å². The van der Waals surface area contributed by atoms with Gasteiger partial charge in [-0.2, -0.15) is 0 Å². The Hall–Kier alpha value is -0.596. The highest BCUT2D eigenvalue weighted by atomic mass is 28.4. The number of hydrogen-bond acceptors (Lipinski definition) is 7. The van der Waals surface area contributed by atoms with Crippen molar-refractivity contribution in [2.45, 2.75) is 37.8 Å². The van der Waals surface area contributed by atoms with Crippen molar-refractivity contribution in [2.24, 2.45) is 5.73 Å². The van der Waals surface area contributed by atoms with Crippen LogP contribution in [0.5, 0.6) is 0 Å². The molecule has 0 saturated heterocycles. The van der Waals surface area contributed by atoms with E-state index in [9.17, 15) is 4.79 Å². The number of primary amides is 1. The average Bonchev–Trinajstić information content (AvgIpc) is 2.64. The van der Waals surface area contributed by atoms with Crippen LogP contribution in [0.2, 0.25) is 12.1 Å². The highest BCUT2D eigenvalue weighted by Crippen LogP contribution is 2.20. The second kappa shape index (κ2) is 12.7. The van der Waals surface area contributed by atoms with Crippen molar-refractivity contribution in [1.82, 2.24) is 0 Å². The van der Waals surface area contributed by atoms with E-state index in [0.29, 0.717) is 36.9 Å². The van der Waals surface area contributed by atoms with Gasteiger partial charge in [0.15, 0.2) is 0 Å². The summed E-state index contributed by atoms with van der Waals surface area (Å²) < 4.78 is 32.2. The number of hydrogen-bond donors (Lipinski definition) is 1. The number of allylic oxidation sites excluding steroid dienone is 1. The zero-order valence-corrected chi connectivity index (χ0v) is 18.3. The van der Waals surface area contributed by atoms with E-state index < -0.39 is 23.5 Å². The fourth-order valence-corrected chi connectivity index (χ4v) is 6.00. The fourth-order valence-electron chi connectivity index (χ4n) is 2.53. The summed E-state index contributed by atoms with van der Waals surface area (Å²) in [5.74, 6) is -0.409. The molecule has 0 rings (SSSR count). The molecule has 0 fully saturated rings. The molecule has 0 aromatic heterocycles. The van der Waals surface area contributed by atoms with Crippen molar-refractivity contribution in [3.63, 3.8) is 0 Å². The van der Waals surface area contributed by atoms with Gasteiger partial charge >= 0.3 is 17.6 Å². The molecule has 0 spiro atoms. The normalized spacial score (nSPS) is 13.3. The minimum Gasteiger partial charge on any atom is -0.377 e. The summed E-state index contributed by atoms with van der Waals surface area (Å²) in [6, 6.07) is 1.29. The second-order valence-electron chi connectivity index (χ2n) is 5.43. The van der Waals surface area contributed by atoms with Gasteiger partial charge in [-0.15, -0.1) is 0 Å². The molecule has 0 saturated carbocycles. The van der Waals surface area contributed by atoms with Crippen molar-refractivity contribution in [2.75, 3.05) is 42.7 Å². The zero-order valence-electron chi connectivity index (χ0n) is 16.3. The van der Waals surface area contributed by atoms with Crippen molar-refractivity contribution in [3.05, 3.63) is 11.6 Å². The van der Waals surface area contributed by atoms with Crippen molar-refractivity contribution >= 4 is 23.5 Å². The Bertz CT molecular complexity index is 396. The van der Waals surface area contributed by atoms with Crippen molar-refractivity contribution < 1.29 is 31.4 Å². The average molecular weight is 396 g/mol. The Morgan fingerprint density at radius 1 is 0.800 bits per heavy atom. The lowest BCUT2D eigenvalue weighted by atomic mass is 10.1. The van der Waals surface area contributed by atoms with E-state index in [-0.39, 0.29) is 0 Å². The van der Waals surface area contributed by atoms with Crippen LogP contribution in [-0.4, -0.2) is 66.2 Å². The van der Waals surface area contributed by atoms with Gasteiger partial charge in [0, 0.05) is 60.3 Å². The zero-order chi connectivity index (χ0) is 19.3. The first kappa shape index (κ1) is 24.4. The van der Waals surface area contributed by atoms with Gasteiger partial charge in [-0.05, 0) is 25.7 Å². The highest BCUT2D eigenvalue weighted by Gasteiger charge is 2.37. The van der Waals surface area contributed by atoms with E-state index in [1.165, 1.54) is 0 Å². The molecule has 0 aliphatic carbocycles. The molecule has 0 aromatic rings. The van der Waals surface area contributed by atoms with Crippen LogP contribution in [0.25, 0.3) is 0 Å². The Balaban J connectivity index is 4.55. The van der Waals surface area contributed by atoms with Crippen LogP contribution in [0, 0.1) is 0 Å². The van der Waals surface area contributed by atoms with Crippen molar-refractivity contribution in [3.8, 4) is 0 Å². The van der Waals surface area contributed by atoms with Gasteiger partial charge in [0.05, 0.1) is 0 Å². The van der Waals surface area contributed by atoms with Crippen LogP contribution >= 0.6 is 0 Å². The molecular formula is C15H33NO7Si2. The van der Waals surface area contributed by atoms with Crippen LogP contribution in [0.1, 0.15) is 25.7 Å². The third-order valence-corrected chi connectivity index (χ3v) is 9.85. The summed E-state index contributed by atoms with van der Waals surface area (Å²) in [6.07, 6.45) is 4.61. The third-order valence-electron chi connectivity index (χ3n) is 4.19. The Labute approximate surface area is 153 Å². The molecule has 8 nitrogen and oxygen atoms in total. The topological polar surface area (TPSA) is 98.5 Å². The van der Waals surface area contributed by atoms with E-state index in [0.717, 1.165) is 6.42 Å². The maximum Gasteiger partial charge on any atom is 0.500 e. The number of rotatable bonds is 15. The van der Waals surface area contributed by atoms with E-state index in [1.54, 1.807) is 42.7 Å². The maximum atomic E-state index is 11.6. The van der Waals surface area contributed by atoms with Gasteiger partial charge < -0.3 is 32.3 Å². The number of nitrogens with two attached hydrogens (primary N) is 1. The molecule has 25 heavy (non-hydrogen) atoms. The summed E-state index contributed by atoms with van der Waals surface area (Å²) in [6.45, 7) is 0. The molecule has 0 radical (unpaired) electrons. The molecule has 0 heterocycles. The fraction of sp³-hybridized carbons (Fsp3) is 0.800. The standard InChI is InChI=1S/C15H33NO7Si2/c1-18-24(19-2,20-3)12-8-7-10-14(15(16)17)11-9-13-25(21-4,22-5)23-6/h10H,7-9,11-13H2,1-6H3,(H2,16,17). The molecule has 0 unspecified atom stereocenters. The van der Waals surface area contributed by atoms with Crippen LogP contribution in [0.4, 0.5) is 0 Å². The lowest BCUT2D eigenvalue weighted by Gasteiger charge is -2.24. The smallest absolute Gasteiger partial charge is 0.377 e. The Morgan fingerprint density at radius 2 is 1.20 bits per heavy atom. The number of unbranched alkanes of at least 4 members (excludes halogenated alkanes) is 1. The summed E-state index contributed by atoms with van der Waals surface area (Å²) in [5.41, 5.74) is 6.08. The summed E-state index contributed by atoms with van der Waals surface area (Å²) in [4.78, 5) is 11.6. The molecule has 0 bridgehead atoms.